The van der Waals surface area contributed by atoms with Crippen LogP contribution in [0.5, 0.6) is 5.75 Å². The van der Waals surface area contributed by atoms with Crippen LogP contribution in [0.2, 0.25) is 0 Å². The highest BCUT2D eigenvalue weighted by atomic mass is 16.5. The van der Waals surface area contributed by atoms with Crippen LogP contribution >= 0.6 is 0 Å². The van der Waals surface area contributed by atoms with Gasteiger partial charge in [-0.05, 0) is 31.7 Å². The van der Waals surface area contributed by atoms with Crippen LogP contribution in [0.15, 0.2) is 18.2 Å². The number of hydrogen-bond donors (Lipinski definition) is 1. The average molecular weight is 286 g/mol. The Morgan fingerprint density at radius 3 is 2.90 bits per heavy atom. The number of methoxy groups -OCH3 is 1. The molecule has 3 heterocycles. The van der Waals surface area contributed by atoms with Gasteiger partial charge in [0.05, 0.1) is 12.6 Å². The molecule has 4 rings (SSSR count). The number of rotatable bonds is 2. The number of carbonyl (C=O) groups is 1. The van der Waals surface area contributed by atoms with Crippen molar-refractivity contribution in [2.75, 3.05) is 27.2 Å². The first-order valence-electron chi connectivity index (χ1n) is 7.20. The van der Waals surface area contributed by atoms with Gasteiger partial charge in [-0.2, -0.15) is 5.10 Å². The number of amides is 1. The van der Waals surface area contributed by atoms with Gasteiger partial charge in [-0.3, -0.25) is 14.8 Å². The fourth-order valence-corrected chi connectivity index (χ4v) is 3.53. The summed E-state index contributed by atoms with van der Waals surface area (Å²) < 4.78 is 5.24. The van der Waals surface area contributed by atoms with Gasteiger partial charge >= 0.3 is 0 Å². The van der Waals surface area contributed by atoms with Crippen molar-refractivity contribution in [2.24, 2.45) is 0 Å². The summed E-state index contributed by atoms with van der Waals surface area (Å²) in [6.45, 7) is 1.76. The highest BCUT2D eigenvalue weighted by Crippen LogP contribution is 2.31. The van der Waals surface area contributed by atoms with Crippen molar-refractivity contribution >= 4 is 16.8 Å². The fourth-order valence-electron chi connectivity index (χ4n) is 3.53. The summed E-state index contributed by atoms with van der Waals surface area (Å²) in [5, 5.41) is 7.99. The van der Waals surface area contributed by atoms with Gasteiger partial charge in [0.1, 0.15) is 5.75 Å². The molecule has 2 atom stereocenters. The standard InChI is InChI=1S/C15H18N4O2/c1-18-7-10-5-9(18)8-19(10)15(20)14-12-6-11(21-2)3-4-13(12)16-17-14/h3-4,6,9-10H,5,7-8H2,1-2H3,(H,16,17)/t9-,10-/m0/s1. The molecule has 0 aliphatic carbocycles. The van der Waals surface area contributed by atoms with E-state index in [1.54, 1.807) is 7.11 Å². The SMILES string of the molecule is COc1ccc2[nH]nc(C(=O)N3C[C@@H]4C[C@H]3CN4C)c2c1. The lowest BCUT2D eigenvalue weighted by molar-refractivity contribution is 0.0646. The van der Waals surface area contributed by atoms with Crippen molar-refractivity contribution in [3.05, 3.63) is 23.9 Å². The Morgan fingerprint density at radius 1 is 1.38 bits per heavy atom. The number of fused-ring (bicyclic) bond motifs is 3. The molecule has 0 unspecified atom stereocenters. The summed E-state index contributed by atoms with van der Waals surface area (Å²) in [4.78, 5) is 17.1. The average Bonchev–Trinajstić information content (AvgIpc) is 3.18. The number of piperazine rings is 1. The second-order valence-electron chi connectivity index (χ2n) is 5.92. The first-order chi connectivity index (χ1) is 10.2. The minimum atomic E-state index is 0.0232. The minimum Gasteiger partial charge on any atom is -0.497 e. The number of ether oxygens (including phenoxy) is 1. The summed E-state index contributed by atoms with van der Waals surface area (Å²) in [7, 11) is 3.75. The van der Waals surface area contributed by atoms with E-state index in [-0.39, 0.29) is 5.91 Å². The molecule has 0 radical (unpaired) electrons. The molecule has 21 heavy (non-hydrogen) atoms. The van der Waals surface area contributed by atoms with Gasteiger partial charge in [0.25, 0.3) is 5.91 Å². The highest BCUT2D eigenvalue weighted by Gasteiger charge is 2.44. The molecule has 2 bridgehead atoms. The van der Waals surface area contributed by atoms with Crippen LogP contribution in [-0.4, -0.2) is 65.2 Å². The van der Waals surface area contributed by atoms with E-state index in [4.69, 9.17) is 4.74 Å². The third-order valence-electron chi connectivity index (χ3n) is 4.75. The second kappa shape index (κ2) is 4.46. The molecular weight excluding hydrogens is 268 g/mol. The van der Waals surface area contributed by atoms with Crippen LogP contribution in [0.1, 0.15) is 16.9 Å². The lowest BCUT2D eigenvalue weighted by atomic mass is 10.1. The predicted molar refractivity (Wildman–Crippen MR) is 78.5 cm³/mol. The summed E-state index contributed by atoms with van der Waals surface area (Å²) in [5.74, 6) is 0.760. The normalized spacial score (nSPS) is 25.0. The van der Waals surface area contributed by atoms with Crippen molar-refractivity contribution in [3.8, 4) is 5.75 Å². The summed E-state index contributed by atoms with van der Waals surface area (Å²) >= 11 is 0. The number of nitrogens with one attached hydrogen (secondary N) is 1. The molecule has 0 saturated carbocycles. The Hall–Kier alpha value is -2.08. The maximum absolute atomic E-state index is 12.8. The van der Waals surface area contributed by atoms with E-state index in [1.807, 2.05) is 23.1 Å². The Kier molecular flexibility index (Phi) is 2.68. The van der Waals surface area contributed by atoms with Crippen molar-refractivity contribution in [1.29, 1.82) is 0 Å². The van der Waals surface area contributed by atoms with Gasteiger partial charge in [0.2, 0.25) is 0 Å². The van der Waals surface area contributed by atoms with Crippen molar-refractivity contribution in [1.82, 2.24) is 20.0 Å². The van der Waals surface area contributed by atoms with Gasteiger partial charge in [0.15, 0.2) is 5.69 Å². The molecule has 1 aromatic carbocycles. The third-order valence-corrected chi connectivity index (χ3v) is 4.75. The molecule has 6 heteroatoms. The number of aromatic nitrogens is 2. The predicted octanol–water partition coefficient (Wildman–Crippen LogP) is 1.10. The Bertz CT molecular complexity index is 709. The van der Waals surface area contributed by atoms with E-state index < -0.39 is 0 Å². The van der Waals surface area contributed by atoms with Gasteiger partial charge in [-0.25, -0.2) is 0 Å². The lowest BCUT2D eigenvalue weighted by Crippen LogP contribution is -2.47. The van der Waals surface area contributed by atoms with E-state index in [0.717, 1.165) is 36.2 Å². The third kappa shape index (κ3) is 1.82. The molecule has 2 fully saturated rings. The van der Waals surface area contributed by atoms with E-state index >= 15 is 0 Å². The first kappa shape index (κ1) is 12.6. The zero-order chi connectivity index (χ0) is 14.6. The Morgan fingerprint density at radius 2 is 2.24 bits per heavy atom. The minimum absolute atomic E-state index is 0.0232. The van der Waals surface area contributed by atoms with Crippen molar-refractivity contribution in [2.45, 2.75) is 18.5 Å². The molecule has 1 aromatic heterocycles. The van der Waals surface area contributed by atoms with Gasteiger partial charge in [-0.15, -0.1) is 0 Å². The molecule has 2 aromatic rings. The van der Waals surface area contributed by atoms with Crippen LogP contribution in [0.3, 0.4) is 0 Å². The number of aromatic amines is 1. The van der Waals surface area contributed by atoms with Crippen LogP contribution in [0.4, 0.5) is 0 Å². The number of hydrogen-bond acceptors (Lipinski definition) is 4. The zero-order valence-corrected chi connectivity index (χ0v) is 12.2. The molecule has 6 nitrogen and oxygen atoms in total. The van der Waals surface area contributed by atoms with E-state index in [1.165, 1.54) is 0 Å². The number of likely N-dealkylation sites (tertiary alicyclic amines) is 2. The number of H-pyrrole nitrogens is 1. The summed E-state index contributed by atoms with van der Waals surface area (Å²) in [5.41, 5.74) is 1.36. The smallest absolute Gasteiger partial charge is 0.275 e. The highest BCUT2D eigenvalue weighted by molar-refractivity contribution is 6.05. The summed E-state index contributed by atoms with van der Waals surface area (Å²) in [6, 6.07) is 6.44. The topological polar surface area (TPSA) is 61.5 Å². The second-order valence-corrected chi connectivity index (χ2v) is 5.92. The molecule has 1 N–H and O–H groups in total. The quantitative estimate of drug-likeness (QED) is 0.898. The number of likely N-dealkylation sites (N-methyl/N-ethyl adjacent to an activating group) is 1. The van der Waals surface area contributed by atoms with E-state index in [0.29, 0.717) is 17.8 Å². The Labute approximate surface area is 122 Å². The van der Waals surface area contributed by atoms with Gasteiger partial charge < -0.3 is 9.64 Å². The summed E-state index contributed by atoms with van der Waals surface area (Å²) in [6.07, 6.45) is 1.08. The fraction of sp³-hybridized carbons (Fsp3) is 0.467. The maximum atomic E-state index is 12.8. The van der Waals surface area contributed by atoms with Crippen LogP contribution < -0.4 is 4.74 Å². The maximum Gasteiger partial charge on any atom is 0.275 e. The number of nitrogens with zero attached hydrogens (tertiary/aromatic N) is 3. The van der Waals surface area contributed by atoms with Crippen LogP contribution in [0, 0.1) is 0 Å². The molecule has 2 aliphatic heterocycles. The first-order valence-corrected chi connectivity index (χ1v) is 7.20. The van der Waals surface area contributed by atoms with E-state index in [2.05, 4.69) is 22.1 Å². The molecule has 0 spiro atoms. The van der Waals surface area contributed by atoms with Crippen LogP contribution in [-0.2, 0) is 0 Å². The molecule has 110 valence electrons. The Balaban J connectivity index is 1.69. The van der Waals surface area contributed by atoms with Gasteiger partial charge in [-0.1, -0.05) is 0 Å². The molecular formula is C15H18N4O2. The monoisotopic (exact) mass is 286 g/mol. The molecule has 2 aliphatic rings. The zero-order valence-electron chi connectivity index (χ0n) is 12.2. The van der Waals surface area contributed by atoms with Crippen LogP contribution in [0.25, 0.3) is 10.9 Å². The number of benzene rings is 1. The lowest BCUT2D eigenvalue weighted by Gasteiger charge is -2.31. The molecule has 1 amide bonds. The van der Waals surface area contributed by atoms with Gasteiger partial charge in [0, 0.05) is 30.6 Å². The molecule has 2 saturated heterocycles. The van der Waals surface area contributed by atoms with E-state index in [9.17, 15) is 4.79 Å². The largest absolute Gasteiger partial charge is 0.497 e. The van der Waals surface area contributed by atoms with Crippen molar-refractivity contribution < 1.29 is 9.53 Å². The van der Waals surface area contributed by atoms with Crippen molar-refractivity contribution in [3.63, 3.8) is 0 Å². The number of carbonyl (C=O) groups excluding carboxylic acids is 1.